The Morgan fingerprint density at radius 2 is 1.46 bits per heavy atom. The van der Waals surface area contributed by atoms with Gasteiger partial charge in [0.2, 0.25) is 5.91 Å². The van der Waals surface area contributed by atoms with Gasteiger partial charge in [-0.05, 0) is 39.2 Å². The highest BCUT2D eigenvalue weighted by atomic mass is 16.5. The number of carboxylic acids is 1. The van der Waals surface area contributed by atoms with Crippen LogP contribution in [0.4, 0.5) is 0 Å². The van der Waals surface area contributed by atoms with E-state index in [-0.39, 0.29) is 12.3 Å². The average Bonchev–Trinajstić information content (AvgIpc) is 2.84. The van der Waals surface area contributed by atoms with Gasteiger partial charge in [0.1, 0.15) is 18.2 Å². The van der Waals surface area contributed by atoms with Gasteiger partial charge < -0.3 is 35.8 Å². The van der Waals surface area contributed by atoms with Crippen molar-refractivity contribution in [3.8, 4) is 0 Å². The smallest absolute Gasteiger partial charge is 0.320 e. The first-order valence-electron chi connectivity index (χ1n) is 13.7. The number of unbranched alkanes of at least 4 members (excludes halogenated alkanes) is 10. The summed E-state index contributed by atoms with van der Waals surface area (Å²) < 4.78 is 5.81. The van der Waals surface area contributed by atoms with Gasteiger partial charge in [0, 0.05) is 13.2 Å². The predicted molar refractivity (Wildman–Crippen MR) is 135 cm³/mol. The van der Waals surface area contributed by atoms with Crippen molar-refractivity contribution in [3.63, 3.8) is 0 Å². The molecule has 0 aromatic rings. The number of likely N-dealkylation sites (N-methyl/N-ethyl adjacent to an activating group) is 1. The van der Waals surface area contributed by atoms with Crippen LogP contribution in [0.15, 0.2) is 0 Å². The Labute approximate surface area is 211 Å². The molecule has 0 saturated heterocycles. The van der Waals surface area contributed by atoms with Gasteiger partial charge in [-0.2, -0.15) is 0 Å². The van der Waals surface area contributed by atoms with Crippen LogP contribution in [0.2, 0.25) is 0 Å². The number of carbonyl (C=O) groups is 2. The second-order valence-electron chi connectivity index (χ2n) is 9.87. The van der Waals surface area contributed by atoms with Crippen LogP contribution in [0.25, 0.3) is 0 Å². The molecule has 1 amide bonds. The minimum Gasteiger partial charge on any atom is -0.480 e. The molecule has 1 saturated carbocycles. The summed E-state index contributed by atoms with van der Waals surface area (Å²) in [6.45, 7) is 3.02. The molecule has 1 aliphatic carbocycles. The number of carbonyl (C=O) groups excluding carboxylic acids is 1. The van der Waals surface area contributed by atoms with E-state index >= 15 is 0 Å². The zero-order valence-electron chi connectivity index (χ0n) is 21.8. The Balaban J connectivity index is 2.27. The SMILES string of the molecule is CCCCCCCCCCCCO[C@@H]1CC(C(=O)NCCCC[C@H](NC)C(=O)O)[C@@H](O)[C@H](O)[C@H]1O. The minimum absolute atomic E-state index is 0.143. The highest BCUT2D eigenvalue weighted by Crippen LogP contribution is 2.28. The lowest BCUT2D eigenvalue weighted by molar-refractivity contribution is -0.179. The quantitative estimate of drug-likeness (QED) is 0.139. The number of carboxylic acid groups (broad SMARTS) is 1. The molecule has 0 heterocycles. The number of hydrogen-bond acceptors (Lipinski definition) is 7. The molecule has 9 nitrogen and oxygen atoms in total. The van der Waals surface area contributed by atoms with E-state index in [1.165, 1.54) is 44.9 Å². The molecule has 206 valence electrons. The monoisotopic (exact) mass is 502 g/mol. The first kappa shape index (κ1) is 31.8. The number of aliphatic carboxylic acids is 1. The lowest BCUT2D eigenvalue weighted by Gasteiger charge is -2.39. The zero-order valence-corrected chi connectivity index (χ0v) is 21.8. The lowest BCUT2D eigenvalue weighted by Crippen LogP contribution is -2.57. The summed E-state index contributed by atoms with van der Waals surface area (Å²) in [4.78, 5) is 23.6. The van der Waals surface area contributed by atoms with Crippen molar-refractivity contribution >= 4 is 11.9 Å². The fourth-order valence-corrected chi connectivity index (χ4v) is 4.65. The molecule has 0 spiro atoms. The number of ether oxygens (including phenoxy) is 1. The van der Waals surface area contributed by atoms with Gasteiger partial charge in [0.25, 0.3) is 0 Å². The van der Waals surface area contributed by atoms with Gasteiger partial charge in [0.15, 0.2) is 0 Å². The maximum atomic E-state index is 12.6. The first-order chi connectivity index (χ1) is 16.8. The standard InChI is InChI=1S/C26H50N2O7/c1-3-4-5-6-7-8-9-10-11-14-17-35-21-18-19(22(29)24(31)23(21)30)25(32)28-16-13-12-15-20(27-2)26(33)34/h19-24,27,29-31H,3-18H2,1-2H3,(H,28,32)(H,33,34)/t19?,20-,21+,22+,23-,24-/m0/s1. The largest absolute Gasteiger partial charge is 0.480 e. The van der Waals surface area contributed by atoms with Crippen molar-refractivity contribution in [1.29, 1.82) is 0 Å². The van der Waals surface area contributed by atoms with Crippen molar-refractivity contribution < 1.29 is 34.8 Å². The molecule has 35 heavy (non-hydrogen) atoms. The van der Waals surface area contributed by atoms with Crippen LogP contribution in [0.1, 0.15) is 96.8 Å². The minimum atomic E-state index is -1.44. The maximum Gasteiger partial charge on any atom is 0.320 e. The molecular formula is C26H50N2O7. The van der Waals surface area contributed by atoms with Crippen molar-refractivity contribution in [2.45, 2.75) is 127 Å². The molecule has 1 unspecified atom stereocenters. The van der Waals surface area contributed by atoms with Gasteiger partial charge >= 0.3 is 5.97 Å². The van der Waals surface area contributed by atoms with Gasteiger partial charge in [-0.25, -0.2) is 0 Å². The summed E-state index contributed by atoms with van der Waals surface area (Å²) in [5, 5.41) is 45.4. The molecule has 1 rings (SSSR count). The summed E-state index contributed by atoms with van der Waals surface area (Å²) >= 11 is 0. The number of nitrogens with one attached hydrogen (secondary N) is 2. The second-order valence-corrected chi connectivity index (χ2v) is 9.87. The van der Waals surface area contributed by atoms with Crippen molar-refractivity contribution in [1.82, 2.24) is 10.6 Å². The van der Waals surface area contributed by atoms with Gasteiger partial charge in [-0.3, -0.25) is 9.59 Å². The summed E-state index contributed by atoms with van der Waals surface area (Å²) in [5.74, 6) is -2.16. The predicted octanol–water partition coefficient (Wildman–Crippen LogP) is 2.35. The Hall–Kier alpha value is -1.26. The van der Waals surface area contributed by atoms with E-state index in [9.17, 15) is 24.9 Å². The Morgan fingerprint density at radius 1 is 0.857 bits per heavy atom. The fraction of sp³-hybridized carbons (Fsp3) is 0.923. The third-order valence-electron chi connectivity index (χ3n) is 7.01. The van der Waals surface area contributed by atoms with E-state index in [4.69, 9.17) is 9.84 Å². The summed E-state index contributed by atoms with van der Waals surface area (Å²) in [7, 11) is 1.60. The Bertz CT molecular complexity index is 578. The lowest BCUT2D eigenvalue weighted by atomic mass is 9.80. The molecule has 1 aliphatic rings. The highest BCUT2D eigenvalue weighted by Gasteiger charge is 2.46. The maximum absolute atomic E-state index is 12.6. The van der Waals surface area contributed by atoms with Crippen molar-refractivity contribution in [2.75, 3.05) is 20.2 Å². The number of aliphatic hydroxyl groups excluding tert-OH is 3. The van der Waals surface area contributed by atoms with Crippen molar-refractivity contribution in [2.24, 2.45) is 5.92 Å². The normalized spacial score (nSPS) is 25.3. The molecule has 0 aromatic heterocycles. The van der Waals surface area contributed by atoms with Gasteiger partial charge in [-0.1, -0.05) is 64.7 Å². The topological polar surface area (TPSA) is 148 Å². The zero-order chi connectivity index (χ0) is 26.1. The van der Waals surface area contributed by atoms with E-state index in [1.54, 1.807) is 7.05 Å². The van der Waals surface area contributed by atoms with E-state index in [1.807, 2.05) is 0 Å². The van der Waals surface area contributed by atoms with E-state index in [0.717, 1.165) is 19.3 Å². The molecule has 0 aromatic carbocycles. The highest BCUT2D eigenvalue weighted by molar-refractivity contribution is 5.79. The molecule has 0 bridgehead atoms. The number of aliphatic hydroxyl groups is 3. The van der Waals surface area contributed by atoms with Crippen LogP contribution in [0.5, 0.6) is 0 Å². The molecular weight excluding hydrogens is 452 g/mol. The number of hydrogen-bond donors (Lipinski definition) is 6. The van der Waals surface area contributed by atoms with Gasteiger partial charge in [0.05, 0.1) is 18.1 Å². The third-order valence-corrected chi connectivity index (χ3v) is 7.01. The van der Waals surface area contributed by atoms with Crippen LogP contribution in [0, 0.1) is 5.92 Å². The third kappa shape index (κ3) is 12.5. The van der Waals surface area contributed by atoms with Crippen LogP contribution in [-0.2, 0) is 14.3 Å². The molecule has 1 fully saturated rings. The fourth-order valence-electron chi connectivity index (χ4n) is 4.65. The molecule has 0 aliphatic heterocycles. The molecule has 6 N–H and O–H groups in total. The van der Waals surface area contributed by atoms with Crippen LogP contribution >= 0.6 is 0 Å². The average molecular weight is 503 g/mol. The Morgan fingerprint density at radius 3 is 2.03 bits per heavy atom. The van der Waals surface area contributed by atoms with Crippen LogP contribution in [0.3, 0.4) is 0 Å². The summed E-state index contributed by atoms with van der Waals surface area (Å²) in [6, 6.07) is -0.615. The first-order valence-corrected chi connectivity index (χ1v) is 13.7. The van der Waals surface area contributed by atoms with E-state index < -0.39 is 42.3 Å². The summed E-state index contributed by atoms with van der Waals surface area (Å²) in [6.07, 6.45) is 9.17. The van der Waals surface area contributed by atoms with E-state index in [0.29, 0.717) is 32.4 Å². The van der Waals surface area contributed by atoms with Crippen LogP contribution in [-0.4, -0.2) is 83.0 Å². The van der Waals surface area contributed by atoms with Crippen LogP contribution < -0.4 is 10.6 Å². The Kier molecular flexibility index (Phi) is 17.2. The van der Waals surface area contributed by atoms with Gasteiger partial charge in [-0.15, -0.1) is 0 Å². The molecule has 9 heteroatoms. The summed E-state index contributed by atoms with van der Waals surface area (Å²) in [5.41, 5.74) is 0. The number of amides is 1. The van der Waals surface area contributed by atoms with Crippen molar-refractivity contribution in [3.05, 3.63) is 0 Å². The number of rotatable bonds is 20. The van der Waals surface area contributed by atoms with E-state index in [2.05, 4.69) is 17.6 Å². The second kappa shape index (κ2) is 18.9. The molecule has 0 radical (unpaired) electrons. The molecule has 6 atom stereocenters.